The fraction of sp³-hybridized carbons (Fsp3) is 1.00. The van der Waals surface area contributed by atoms with Crippen LogP contribution in [0.15, 0.2) is 0 Å². The van der Waals surface area contributed by atoms with Crippen LogP contribution in [0.5, 0.6) is 0 Å². The number of nitrogens with one attached hydrogen (secondary N) is 1. The maximum Gasteiger partial charge on any atom is 0.264 e. The highest BCUT2D eigenvalue weighted by molar-refractivity contribution is 7.85. The second-order valence-corrected chi connectivity index (χ2v) is 6.08. The molecule has 104 valence electrons. The van der Waals surface area contributed by atoms with E-state index in [2.05, 4.69) is 12.2 Å². The molecule has 0 bridgehead atoms. The van der Waals surface area contributed by atoms with E-state index in [0.29, 0.717) is 6.42 Å². The third-order valence-corrected chi connectivity index (χ3v) is 3.52. The highest BCUT2D eigenvalue weighted by Gasteiger charge is 2.02. The van der Waals surface area contributed by atoms with Crippen LogP contribution in [-0.2, 0) is 10.1 Å². The average molecular weight is 265 g/mol. The van der Waals surface area contributed by atoms with E-state index in [0.717, 1.165) is 19.5 Å². The summed E-state index contributed by atoms with van der Waals surface area (Å²) in [6, 6.07) is 0. The van der Waals surface area contributed by atoms with Crippen LogP contribution in [-0.4, -0.2) is 31.8 Å². The van der Waals surface area contributed by atoms with Crippen molar-refractivity contribution in [1.29, 1.82) is 0 Å². The van der Waals surface area contributed by atoms with Crippen LogP contribution >= 0.6 is 0 Å². The molecule has 0 unspecified atom stereocenters. The van der Waals surface area contributed by atoms with Gasteiger partial charge in [-0.3, -0.25) is 4.55 Å². The van der Waals surface area contributed by atoms with E-state index in [1.54, 1.807) is 0 Å². The van der Waals surface area contributed by atoms with E-state index in [9.17, 15) is 8.42 Å². The molecule has 0 heterocycles. The second kappa shape index (κ2) is 11.0. The van der Waals surface area contributed by atoms with E-state index >= 15 is 0 Å². The summed E-state index contributed by atoms with van der Waals surface area (Å²) in [5, 5.41) is 3.29. The van der Waals surface area contributed by atoms with Crippen molar-refractivity contribution in [2.24, 2.45) is 0 Å². The zero-order chi connectivity index (χ0) is 13.0. The van der Waals surface area contributed by atoms with Gasteiger partial charge in [0.25, 0.3) is 10.1 Å². The maximum absolute atomic E-state index is 10.4. The topological polar surface area (TPSA) is 66.4 Å². The molecule has 0 spiro atoms. The predicted octanol–water partition coefficient (Wildman–Crippen LogP) is 2.60. The normalized spacial score (nSPS) is 11.9. The summed E-state index contributed by atoms with van der Waals surface area (Å²) >= 11 is 0. The van der Waals surface area contributed by atoms with Gasteiger partial charge < -0.3 is 5.32 Å². The van der Waals surface area contributed by atoms with Crippen molar-refractivity contribution in [1.82, 2.24) is 5.32 Å². The molecule has 0 aromatic heterocycles. The molecule has 2 N–H and O–H groups in total. The lowest BCUT2D eigenvalue weighted by Gasteiger charge is -2.04. The summed E-state index contributed by atoms with van der Waals surface area (Å²) in [6.45, 7) is 4.07. The summed E-state index contributed by atoms with van der Waals surface area (Å²) in [6.07, 6.45) is 9.08. The largest absolute Gasteiger partial charge is 0.317 e. The van der Waals surface area contributed by atoms with Gasteiger partial charge in [0.05, 0.1) is 5.75 Å². The Kier molecular flexibility index (Phi) is 10.9. The molecular weight excluding hydrogens is 238 g/mol. The average Bonchev–Trinajstić information content (AvgIpc) is 2.24. The molecule has 0 fully saturated rings. The fourth-order valence-electron chi connectivity index (χ4n) is 1.69. The molecule has 0 aromatic carbocycles. The first kappa shape index (κ1) is 16.9. The van der Waals surface area contributed by atoms with Gasteiger partial charge >= 0.3 is 0 Å². The van der Waals surface area contributed by atoms with Crippen LogP contribution in [0.25, 0.3) is 0 Å². The lowest BCUT2D eigenvalue weighted by molar-refractivity contribution is 0.479. The minimum Gasteiger partial charge on any atom is -0.317 e. The van der Waals surface area contributed by atoms with E-state index in [-0.39, 0.29) is 5.75 Å². The molecule has 0 aliphatic heterocycles. The van der Waals surface area contributed by atoms with Crippen LogP contribution in [0, 0.1) is 0 Å². The summed E-state index contributed by atoms with van der Waals surface area (Å²) in [4.78, 5) is 0. The molecule has 17 heavy (non-hydrogen) atoms. The molecule has 0 saturated carbocycles. The van der Waals surface area contributed by atoms with E-state index in [4.69, 9.17) is 4.55 Å². The molecule has 0 amide bonds. The Labute approximate surface area is 106 Å². The Balaban J connectivity index is 3.04. The van der Waals surface area contributed by atoms with Gasteiger partial charge in [-0.25, -0.2) is 0 Å². The summed E-state index contributed by atoms with van der Waals surface area (Å²) in [7, 11) is -3.76. The smallest absolute Gasteiger partial charge is 0.264 e. The van der Waals surface area contributed by atoms with Crippen molar-refractivity contribution in [2.75, 3.05) is 18.8 Å². The Bertz CT molecular complexity index is 252. The standard InChI is InChI=1S/C12H27NO3S/c1-2-3-4-5-6-7-10-13-11-8-9-12-17(14,15)16/h13H,2-12H2,1H3,(H,14,15,16). The molecule has 5 heteroatoms. The third-order valence-electron chi connectivity index (χ3n) is 2.71. The summed E-state index contributed by atoms with van der Waals surface area (Å²) in [5.74, 6) is -0.119. The molecule has 0 aliphatic carbocycles. The number of rotatable bonds is 12. The zero-order valence-electron chi connectivity index (χ0n) is 11.0. The number of hydrogen-bond acceptors (Lipinski definition) is 3. The minimum absolute atomic E-state index is 0.119. The molecule has 4 nitrogen and oxygen atoms in total. The molecule has 0 rings (SSSR count). The molecule has 0 radical (unpaired) electrons. The van der Waals surface area contributed by atoms with Gasteiger partial charge in [0.15, 0.2) is 0 Å². The van der Waals surface area contributed by atoms with Gasteiger partial charge in [0.2, 0.25) is 0 Å². The van der Waals surface area contributed by atoms with Gasteiger partial charge in [-0.15, -0.1) is 0 Å². The van der Waals surface area contributed by atoms with Crippen molar-refractivity contribution in [3.63, 3.8) is 0 Å². The van der Waals surface area contributed by atoms with Crippen LogP contribution in [0.1, 0.15) is 58.3 Å². The zero-order valence-corrected chi connectivity index (χ0v) is 11.8. The van der Waals surface area contributed by atoms with E-state index in [1.165, 1.54) is 38.5 Å². The first-order valence-corrected chi connectivity index (χ1v) is 8.33. The van der Waals surface area contributed by atoms with E-state index in [1.807, 2.05) is 0 Å². The van der Waals surface area contributed by atoms with Crippen molar-refractivity contribution in [3.05, 3.63) is 0 Å². The maximum atomic E-state index is 10.4. The van der Waals surface area contributed by atoms with Crippen molar-refractivity contribution < 1.29 is 13.0 Å². The van der Waals surface area contributed by atoms with Crippen LogP contribution < -0.4 is 5.32 Å². The summed E-state index contributed by atoms with van der Waals surface area (Å²) in [5.41, 5.74) is 0. The quantitative estimate of drug-likeness (QED) is 0.420. The summed E-state index contributed by atoms with van der Waals surface area (Å²) < 4.78 is 29.4. The molecule has 0 aliphatic rings. The predicted molar refractivity (Wildman–Crippen MR) is 71.9 cm³/mol. The number of hydrogen-bond donors (Lipinski definition) is 2. The van der Waals surface area contributed by atoms with Crippen LogP contribution in [0.3, 0.4) is 0 Å². The van der Waals surface area contributed by atoms with E-state index < -0.39 is 10.1 Å². The van der Waals surface area contributed by atoms with Crippen molar-refractivity contribution in [2.45, 2.75) is 58.3 Å². The highest BCUT2D eigenvalue weighted by Crippen LogP contribution is 2.04. The van der Waals surface area contributed by atoms with Gasteiger partial charge in [-0.2, -0.15) is 8.42 Å². The molecular formula is C12H27NO3S. The van der Waals surface area contributed by atoms with Crippen molar-refractivity contribution >= 4 is 10.1 Å². The van der Waals surface area contributed by atoms with Crippen LogP contribution in [0.2, 0.25) is 0 Å². The van der Waals surface area contributed by atoms with Gasteiger partial charge in [-0.05, 0) is 32.4 Å². The highest BCUT2D eigenvalue weighted by atomic mass is 32.2. The molecule has 0 saturated heterocycles. The lowest BCUT2D eigenvalue weighted by Crippen LogP contribution is -2.17. The number of unbranched alkanes of at least 4 members (excludes halogenated alkanes) is 6. The van der Waals surface area contributed by atoms with Crippen molar-refractivity contribution in [3.8, 4) is 0 Å². The first-order chi connectivity index (χ1) is 8.06. The molecule has 0 aromatic rings. The Morgan fingerprint density at radius 1 is 0.882 bits per heavy atom. The Morgan fingerprint density at radius 3 is 2.00 bits per heavy atom. The van der Waals surface area contributed by atoms with Crippen LogP contribution in [0.4, 0.5) is 0 Å². The van der Waals surface area contributed by atoms with Gasteiger partial charge in [-0.1, -0.05) is 39.0 Å². The Hall–Kier alpha value is -0.130. The second-order valence-electron chi connectivity index (χ2n) is 4.51. The minimum atomic E-state index is -3.76. The Morgan fingerprint density at radius 2 is 1.41 bits per heavy atom. The lowest BCUT2D eigenvalue weighted by atomic mass is 10.1. The SMILES string of the molecule is CCCCCCCCNCCCCS(=O)(=O)O. The van der Waals surface area contributed by atoms with Gasteiger partial charge in [0, 0.05) is 0 Å². The first-order valence-electron chi connectivity index (χ1n) is 6.72. The fourth-order valence-corrected chi connectivity index (χ4v) is 2.26. The van der Waals surface area contributed by atoms with Gasteiger partial charge in [0.1, 0.15) is 0 Å². The monoisotopic (exact) mass is 265 g/mol. The molecule has 0 atom stereocenters. The third kappa shape index (κ3) is 15.9.